The van der Waals surface area contributed by atoms with Crippen molar-refractivity contribution in [3.8, 4) is 16.7 Å². The number of hydrogen-bond donors (Lipinski definition) is 1. The number of nitrogens with zero attached hydrogens (tertiary/aromatic N) is 1. The Morgan fingerprint density at radius 1 is 1.08 bits per heavy atom. The van der Waals surface area contributed by atoms with Crippen molar-refractivity contribution in [1.29, 1.82) is 0 Å². The molecule has 0 amide bonds. The Hall–Kier alpha value is -1.82. The first-order chi connectivity index (χ1) is 11.4. The second-order valence-electron chi connectivity index (χ2n) is 5.63. The van der Waals surface area contributed by atoms with Crippen molar-refractivity contribution in [2.45, 2.75) is 18.9 Å². The average molecular weight is 363 g/mol. The van der Waals surface area contributed by atoms with Gasteiger partial charge in [-0.15, -0.1) is 12.4 Å². The molecule has 6 heteroatoms. The highest BCUT2D eigenvalue weighted by atomic mass is 35.5. The zero-order chi connectivity index (χ0) is 15.5. The number of hydrogen-bond acceptors (Lipinski definition) is 5. The summed E-state index contributed by atoms with van der Waals surface area (Å²) in [6.45, 7) is 1.82. The first-order valence-corrected chi connectivity index (χ1v) is 8.68. The van der Waals surface area contributed by atoms with Gasteiger partial charge >= 0.3 is 0 Å². The number of nitrogens with one attached hydrogen (secondary N) is 1. The largest absolute Gasteiger partial charge is 0.492 e. The van der Waals surface area contributed by atoms with Crippen LogP contribution in [0.2, 0.25) is 0 Å². The lowest BCUT2D eigenvalue weighted by Gasteiger charge is -2.12. The molecule has 1 aromatic heterocycles. The van der Waals surface area contributed by atoms with Gasteiger partial charge in [0.05, 0.1) is 10.2 Å². The molecule has 1 saturated heterocycles. The maximum atomic E-state index is 5.84. The van der Waals surface area contributed by atoms with Gasteiger partial charge in [-0.2, -0.15) is 0 Å². The van der Waals surface area contributed by atoms with Gasteiger partial charge < -0.3 is 14.8 Å². The molecule has 0 saturated carbocycles. The van der Waals surface area contributed by atoms with Crippen molar-refractivity contribution in [3.05, 3.63) is 48.5 Å². The molecular weight excluding hydrogens is 344 g/mol. The smallest absolute Gasteiger partial charge is 0.279 e. The van der Waals surface area contributed by atoms with E-state index in [9.17, 15) is 0 Å². The van der Waals surface area contributed by atoms with Crippen LogP contribution in [0.5, 0.6) is 16.7 Å². The summed E-state index contributed by atoms with van der Waals surface area (Å²) < 4.78 is 12.8. The van der Waals surface area contributed by atoms with Crippen LogP contribution in [0.4, 0.5) is 0 Å². The topological polar surface area (TPSA) is 43.4 Å². The lowest BCUT2D eigenvalue weighted by molar-refractivity contribution is 0.277. The molecular formula is C18H19ClN2O2S. The third kappa shape index (κ3) is 3.98. The number of thiazole rings is 1. The zero-order valence-electron chi connectivity index (χ0n) is 13.1. The molecule has 1 N–H and O–H groups in total. The highest BCUT2D eigenvalue weighted by Gasteiger charge is 2.14. The number of halogens is 1. The quantitative estimate of drug-likeness (QED) is 0.718. The highest BCUT2D eigenvalue weighted by Crippen LogP contribution is 2.31. The lowest BCUT2D eigenvalue weighted by atomic mass is 10.2. The Morgan fingerprint density at radius 2 is 1.88 bits per heavy atom. The van der Waals surface area contributed by atoms with Gasteiger partial charge in [0.1, 0.15) is 18.1 Å². The predicted molar refractivity (Wildman–Crippen MR) is 99.9 cm³/mol. The van der Waals surface area contributed by atoms with Crippen molar-refractivity contribution in [3.63, 3.8) is 0 Å². The van der Waals surface area contributed by atoms with Gasteiger partial charge in [0.25, 0.3) is 5.19 Å². The number of fused-ring (bicyclic) bond motifs is 1. The number of benzene rings is 2. The van der Waals surface area contributed by atoms with Gasteiger partial charge in [-0.3, -0.25) is 0 Å². The van der Waals surface area contributed by atoms with Crippen molar-refractivity contribution < 1.29 is 9.47 Å². The van der Waals surface area contributed by atoms with Crippen LogP contribution in [-0.2, 0) is 0 Å². The van der Waals surface area contributed by atoms with Gasteiger partial charge in [0, 0.05) is 6.04 Å². The number of rotatable bonds is 5. The van der Waals surface area contributed by atoms with Crippen LogP contribution in [0, 0.1) is 0 Å². The predicted octanol–water partition coefficient (Wildman–Crippen LogP) is 4.64. The van der Waals surface area contributed by atoms with E-state index in [4.69, 9.17) is 9.47 Å². The summed E-state index contributed by atoms with van der Waals surface area (Å²) in [7, 11) is 0. The van der Waals surface area contributed by atoms with E-state index in [2.05, 4.69) is 10.3 Å². The molecule has 126 valence electrons. The number of para-hydroxylation sites is 1. The molecule has 0 radical (unpaired) electrons. The molecule has 0 aliphatic carbocycles. The summed E-state index contributed by atoms with van der Waals surface area (Å²) in [5.41, 5.74) is 0.969. The molecule has 0 unspecified atom stereocenters. The maximum absolute atomic E-state index is 5.84. The Balaban J connectivity index is 0.00000169. The summed E-state index contributed by atoms with van der Waals surface area (Å²) in [5.74, 6) is 1.64. The number of ether oxygens (including phenoxy) is 2. The molecule has 0 spiro atoms. The van der Waals surface area contributed by atoms with Crippen LogP contribution in [0.1, 0.15) is 12.8 Å². The van der Waals surface area contributed by atoms with Crippen LogP contribution in [0.25, 0.3) is 10.2 Å². The van der Waals surface area contributed by atoms with Gasteiger partial charge in [0.2, 0.25) is 0 Å². The van der Waals surface area contributed by atoms with Gasteiger partial charge in [-0.1, -0.05) is 23.5 Å². The van der Waals surface area contributed by atoms with Crippen molar-refractivity contribution in [2.24, 2.45) is 0 Å². The van der Waals surface area contributed by atoms with E-state index < -0.39 is 0 Å². The number of aromatic nitrogens is 1. The van der Waals surface area contributed by atoms with E-state index in [1.165, 1.54) is 12.8 Å². The fraction of sp³-hybridized carbons (Fsp3) is 0.278. The standard InChI is InChI=1S/C18H18N2O2S.ClH/c1-2-6-17-16(5-1)20-18(23-17)22-15-9-7-14(8-10-15)21-12-13-4-3-11-19-13;/h1-2,5-10,13,19H,3-4,11-12H2;1H/t13-;/m1./s1. The molecule has 4 nitrogen and oxygen atoms in total. The van der Waals surface area contributed by atoms with E-state index in [0.29, 0.717) is 11.2 Å². The Bertz CT molecular complexity index is 752. The second-order valence-corrected chi connectivity index (χ2v) is 6.62. The van der Waals surface area contributed by atoms with E-state index in [-0.39, 0.29) is 12.4 Å². The molecule has 24 heavy (non-hydrogen) atoms. The van der Waals surface area contributed by atoms with Gasteiger partial charge in [-0.05, 0) is 55.8 Å². The van der Waals surface area contributed by atoms with Crippen LogP contribution in [0.15, 0.2) is 48.5 Å². The molecule has 2 aromatic carbocycles. The molecule has 2 heterocycles. The summed E-state index contributed by atoms with van der Waals surface area (Å²) in [5, 5.41) is 4.09. The fourth-order valence-corrected chi connectivity index (χ4v) is 3.53. The molecule has 0 bridgehead atoms. The summed E-state index contributed by atoms with van der Waals surface area (Å²) in [6.07, 6.45) is 2.43. The normalized spacial score (nSPS) is 16.8. The first kappa shape index (κ1) is 17.0. The highest BCUT2D eigenvalue weighted by molar-refractivity contribution is 7.20. The van der Waals surface area contributed by atoms with Crippen molar-refractivity contribution >= 4 is 34.0 Å². The molecule has 4 rings (SSSR count). The Labute approximate surface area is 151 Å². The van der Waals surface area contributed by atoms with Crippen LogP contribution in [0.3, 0.4) is 0 Å². The second kappa shape index (κ2) is 7.83. The first-order valence-electron chi connectivity index (χ1n) is 7.86. The van der Waals surface area contributed by atoms with Gasteiger partial charge in [0.15, 0.2) is 0 Å². The molecule has 1 fully saturated rings. The molecule has 1 atom stereocenters. The van der Waals surface area contributed by atoms with E-state index in [1.807, 2.05) is 48.5 Å². The Kier molecular flexibility index (Phi) is 5.56. The fourth-order valence-electron chi connectivity index (χ4n) is 2.70. The summed E-state index contributed by atoms with van der Waals surface area (Å²) in [4.78, 5) is 4.48. The molecule has 1 aliphatic rings. The summed E-state index contributed by atoms with van der Waals surface area (Å²) >= 11 is 1.55. The van der Waals surface area contributed by atoms with E-state index in [1.54, 1.807) is 11.3 Å². The van der Waals surface area contributed by atoms with Crippen molar-refractivity contribution in [1.82, 2.24) is 10.3 Å². The minimum absolute atomic E-state index is 0. The van der Waals surface area contributed by atoms with Crippen molar-refractivity contribution in [2.75, 3.05) is 13.2 Å². The van der Waals surface area contributed by atoms with Crippen LogP contribution in [-0.4, -0.2) is 24.2 Å². The third-order valence-electron chi connectivity index (χ3n) is 3.92. The van der Waals surface area contributed by atoms with Crippen LogP contribution >= 0.6 is 23.7 Å². The monoisotopic (exact) mass is 362 g/mol. The minimum Gasteiger partial charge on any atom is -0.492 e. The molecule has 1 aliphatic heterocycles. The minimum atomic E-state index is 0. The van der Waals surface area contributed by atoms with E-state index in [0.717, 1.165) is 34.9 Å². The van der Waals surface area contributed by atoms with E-state index >= 15 is 0 Å². The SMILES string of the molecule is Cl.c1ccc2sc(Oc3ccc(OC[C@H]4CCCN4)cc3)nc2c1. The Morgan fingerprint density at radius 3 is 2.62 bits per heavy atom. The lowest BCUT2D eigenvalue weighted by Crippen LogP contribution is -2.28. The maximum Gasteiger partial charge on any atom is 0.279 e. The third-order valence-corrected chi connectivity index (χ3v) is 4.83. The zero-order valence-corrected chi connectivity index (χ0v) is 14.7. The van der Waals surface area contributed by atoms with Crippen LogP contribution < -0.4 is 14.8 Å². The van der Waals surface area contributed by atoms with Gasteiger partial charge in [-0.25, -0.2) is 4.98 Å². The molecule has 3 aromatic rings. The summed E-state index contributed by atoms with van der Waals surface area (Å²) in [6, 6.07) is 16.2. The average Bonchev–Trinajstić information content (AvgIpc) is 3.23.